The number of nitrogens with zero attached hydrogens (tertiary/aromatic N) is 1. The zero-order valence-corrected chi connectivity index (χ0v) is 13.6. The Balaban J connectivity index is 0.000000238. The molecule has 1 aromatic rings. The number of hydrogen-bond acceptors (Lipinski definition) is 2. The Morgan fingerprint density at radius 2 is 1.87 bits per heavy atom. The van der Waals surface area contributed by atoms with Crippen LogP contribution in [-0.4, -0.2) is 22.2 Å². The van der Waals surface area contributed by atoms with E-state index in [0.717, 1.165) is 6.54 Å². The third-order valence-corrected chi connectivity index (χ3v) is 3.63. The number of aliphatic carboxylic acids is 2. The molecule has 0 bridgehead atoms. The van der Waals surface area contributed by atoms with Gasteiger partial charge in [0.2, 0.25) is 0 Å². The highest BCUT2D eigenvalue weighted by molar-refractivity contribution is 5.90. The molecule has 5 heteroatoms. The second-order valence-electron chi connectivity index (χ2n) is 5.72. The minimum Gasteiger partial charge on any atom is -0.481 e. The van der Waals surface area contributed by atoms with Crippen molar-refractivity contribution in [3.05, 3.63) is 54.4 Å². The van der Waals surface area contributed by atoms with Crippen LogP contribution in [0.2, 0.25) is 0 Å². The molecule has 124 valence electrons. The maximum atomic E-state index is 10.8. The van der Waals surface area contributed by atoms with E-state index in [1.165, 1.54) is 38.0 Å². The molecule has 1 heterocycles. The third kappa shape index (κ3) is 6.06. The van der Waals surface area contributed by atoms with Crippen LogP contribution in [0.15, 0.2) is 54.4 Å². The highest BCUT2D eigenvalue weighted by Crippen LogP contribution is 2.31. The summed E-state index contributed by atoms with van der Waals surface area (Å²) >= 11 is 0. The fourth-order valence-electron chi connectivity index (χ4n) is 2.11. The summed E-state index contributed by atoms with van der Waals surface area (Å²) in [5.74, 6) is -2.06. The molecular weight excluding hydrogens is 294 g/mol. The largest absolute Gasteiger partial charge is 0.481 e. The normalized spacial score (nSPS) is 19.3. The lowest BCUT2D eigenvalue weighted by molar-refractivity contribution is -0.697. The van der Waals surface area contributed by atoms with Gasteiger partial charge in [0.15, 0.2) is 12.4 Å². The molecular formula is C18H24NO4+. The summed E-state index contributed by atoms with van der Waals surface area (Å²) in [6, 6.07) is 6.17. The Hall–Kier alpha value is -2.43. The number of carboxylic acids is 2. The molecule has 0 saturated heterocycles. The number of allylic oxidation sites excluding steroid dienone is 2. The van der Waals surface area contributed by atoms with E-state index in [2.05, 4.69) is 36.0 Å². The Morgan fingerprint density at radius 3 is 2.39 bits per heavy atom. The van der Waals surface area contributed by atoms with E-state index in [0.29, 0.717) is 0 Å². The van der Waals surface area contributed by atoms with Crippen molar-refractivity contribution in [1.82, 2.24) is 0 Å². The summed E-state index contributed by atoms with van der Waals surface area (Å²) in [7, 11) is 0. The SMILES string of the molecule is CC1(C(=O)O)C=CC=C(C(=O)O)C1.CCCC[n+]1ccccc1. The molecule has 2 N–H and O–H groups in total. The van der Waals surface area contributed by atoms with E-state index < -0.39 is 17.4 Å². The molecule has 0 spiro atoms. The Kier molecular flexibility index (Phi) is 7.19. The van der Waals surface area contributed by atoms with Crippen molar-refractivity contribution in [2.45, 2.75) is 39.7 Å². The smallest absolute Gasteiger partial charge is 0.331 e. The minimum atomic E-state index is -1.08. The van der Waals surface area contributed by atoms with Crippen molar-refractivity contribution in [2.24, 2.45) is 5.41 Å². The zero-order valence-electron chi connectivity index (χ0n) is 13.6. The highest BCUT2D eigenvalue weighted by Gasteiger charge is 2.34. The Morgan fingerprint density at radius 1 is 1.22 bits per heavy atom. The molecule has 1 aliphatic carbocycles. The van der Waals surface area contributed by atoms with E-state index in [-0.39, 0.29) is 12.0 Å². The van der Waals surface area contributed by atoms with Crippen molar-refractivity contribution in [3.63, 3.8) is 0 Å². The molecule has 0 saturated carbocycles. The standard InChI is InChI=1S/C9H14N.C9H10O4/c1-2-3-7-10-8-5-4-6-9-10;1-9(8(12)13)4-2-3-6(5-9)7(10)11/h4-6,8-9H,2-3,7H2,1H3;2-4H,5H2,1H3,(H,10,11)(H,12,13)/q+1;. The van der Waals surface area contributed by atoms with E-state index in [9.17, 15) is 9.59 Å². The monoisotopic (exact) mass is 318 g/mol. The van der Waals surface area contributed by atoms with Crippen molar-refractivity contribution in [3.8, 4) is 0 Å². The predicted molar refractivity (Wildman–Crippen MR) is 86.8 cm³/mol. The fourth-order valence-corrected chi connectivity index (χ4v) is 2.11. The van der Waals surface area contributed by atoms with Crippen LogP contribution in [0, 0.1) is 5.41 Å². The first kappa shape index (κ1) is 18.6. The number of pyridine rings is 1. The summed E-state index contributed by atoms with van der Waals surface area (Å²) in [4.78, 5) is 21.3. The molecule has 0 amide bonds. The molecule has 1 aliphatic rings. The van der Waals surface area contributed by atoms with E-state index in [1.54, 1.807) is 0 Å². The average Bonchev–Trinajstić information content (AvgIpc) is 2.54. The van der Waals surface area contributed by atoms with Crippen LogP contribution in [0.3, 0.4) is 0 Å². The topological polar surface area (TPSA) is 78.5 Å². The molecule has 1 unspecified atom stereocenters. The molecule has 0 aromatic carbocycles. The molecule has 2 rings (SSSR count). The summed E-state index contributed by atoms with van der Waals surface area (Å²) in [5, 5.41) is 17.5. The number of carboxylic acid groups (broad SMARTS) is 2. The predicted octanol–water partition coefficient (Wildman–Crippen LogP) is 2.82. The van der Waals surface area contributed by atoms with Crippen LogP contribution in [0.25, 0.3) is 0 Å². The number of aromatic nitrogens is 1. The lowest BCUT2D eigenvalue weighted by Gasteiger charge is -2.23. The lowest BCUT2D eigenvalue weighted by Crippen LogP contribution is -2.31. The minimum absolute atomic E-state index is 0.0359. The van der Waals surface area contributed by atoms with E-state index in [1.807, 2.05) is 6.07 Å². The number of aryl methyl sites for hydroxylation is 1. The van der Waals surface area contributed by atoms with Crippen molar-refractivity contribution < 1.29 is 24.4 Å². The van der Waals surface area contributed by atoms with E-state index >= 15 is 0 Å². The third-order valence-electron chi connectivity index (χ3n) is 3.63. The second-order valence-corrected chi connectivity index (χ2v) is 5.72. The van der Waals surface area contributed by atoms with Gasteiger partial charge in [0.1, 0.15) is 6.54 Å². The lowest BCUT2D eigenvalue weighted by atomic mass is 9.80. The average molecular weight is 318 g/mol. The molecule has 0 radical (unpaired) electrons. The van der Waals surface area contributed by atoms with Gasteiger partial charge in [-0.2, -0.15) is 0 Å². The zero-order chi connectivity index (χ0) is 17.3. The molecule has 0 fully saturated rings. The van der Waals surface area contributed by atoms with Crippen LogP contribution in [0.1, 0.15) is 33.1 Å². The van der Waals surface area contributed by atoms with Gasteiger partial charge in [0.05, 0.1) is 5.41 Å². The second kappa shape index (κ2) is 8.88. The maximum Gasteiger partial charge on any atom is 0.331 e. The van der Waals surface area contributed by atoms with Crippen molar-refractivity contribution >= 4 is 11.9 Å². The summed E-state index contributed by atoms with van der Waals surface area (Å²) in [6.07, 6.45) is 11.2. The van der Waals surface area contributed by atoms with Gasteiger partial charge in [-0.15, -0.1) is 0 Å². The van der Waals surface area contributed by atoms with Gasteiger partial charge >= 0.3 is 11.9 Å². The van der Waals surface area contributed by atoms with Gasteiger partial charge < -0.3 is 10.2 Å². The Labute approximate surface area is 136 Å². The Bertz CT molecular complexity index is 592. The number of unbranched alkanes of at least 4 members (excludes halogenated alkanes) is 1. The molecule has 1 aromatic heterocycles. The van der Waals surface area contributed by atoms with Gasteiger partial charge in [0.25, 0.3) is 0 Å². The maximum absolute atomic E-state index is 10.8. The quantitative estimate of drug-likeness (QED) is 0.818. The van der Waals surface area contributed by atoms with Crippen LogP contribution in [0.5, 0.6) is 0 Å². The van der Waals surface area contributed by atoms with Gasteiger partial charge in [-0.1, -0.05) is 37.6 Å². The van der Waals surface area contributed by atoms with Crippen LogP contribution in [-0.2, 0) is 16.1 Å². The van der Waals surface area contributed by atoms with Crippen LogP contribution >= 0.6 is 0 Å². The van der Waals surface area contributed by atoms with Gasteiger partial charge in [-0.3, -0.25) is 4.79 Å². The molecule has 5 nitrogen and oxygen atoms in total. The van der Waals surface area contributed by atoms with Gasteiger partial charge in [-0.25, -0.2) is 9.36 Å². The summed E-state index contributed by atoms with van der Waals surface area (Å²) in [5.41, 5.74) is -0.949. The fraction of sp³-hybridized carbons (Fsp3) is 0.389. The number of rotatable bonds is 5. The van der Waals surface area contributed by atoms with Gasteiger partial charge in [-0.05, 0) is 13.3 Å². The summed E-state index contributed by atoms with van der Waals surface area (Å²) in [6.45, 7) is 4.86. The number of hydrogen-bond donors (Lipinski definition) is 2. The first-order valence-corrected chi connectivity index (χ1v) is 7.68. The van der Waals surface area contributed by atoms with E-state index in [4.69, 9.17) is 10.2 Å². The highest BCUT2D eigenvalue weighted by atomic mass is 16.4. The molecule has 1 atom stereocenters. The van der Waals surface area contributed by atoms with Gasteiger partial charge in [0, 0.05) is 24.1 Å². The first-order valence-electron chi connectivity index (χ1n) is 7.68. The molecule has 23 heavy (non-hydrogen) atoms. The van der Waals surface area contributed by atoms with Crippen molar-refractivity contribution in [2.75, 3.05) is 0 Å². The number of carbonyl (C=O) groups is 2. The van der Waals surface area contributed by atoms with Crippen molar-refractivity contribution in [1.29, 1.82) is 0 Å². The summed E-state index contributed by atoms with van der Waals surface area (Å²) < 4.78 is 2.21. The van der Waals surface area contributed by atoms with Crippen LogP contribution < -0.4 is 4.57 Å². The first-order chi connectivity index (χ1) is 10.9. The van der Waals surface area contributed by atoms with Crippen LogP contribution in [0.4, 0.5) is 0 Å². The molecule has 0 aliphatic heterocycles.